The van der Waals surface area contributed by atoms with Crippen LogP contribution < -0.4 is 5.32 Å². The minimum absolute atomic E-state index is 0.0252. The zero-order chi connectivity index (χ0) is 16.2. The second-order valence-electron chi connectivity index (χ2n) is 4.89. The summed E-state index contributed by atoms with van der Waals surface area (Å²) in [6.07, 6.45) is 0. The van der Waals surface area contributed by atoms with Gasteiger partial charge in [0.05, 0.1) is 17.5 Å². The number of thioether (sulfide) groups is 1. The molecule has 6 nitrogen and oxygen atoms in total. The van der Waals surface area contributed by atoms with E-state index in [0.717, 1.165) is 11.3 Å². The maximum Gasteiger partial charge on any atom is 0.347 e. The van der Waals surface area contributed by atoms with Crippen molar-refractivity contribution in [2.24, 2.45) is 5.92 Å². The fourth-order valence-electron chi connectivity index (χ4n) is 1.71. The van der Waals surface area contributed by atoms with Crippen molar-refractivity contribution >= 4 is 40.8 Å². The number of aromatic carboxylic acids is 1. The van der Waals surface area contributed by atoms with E-state index in [-0.39, 0.29) is 28.2 Å². The van der Waals surface area contributed by atoms with Crippen LogP contribution in [0, 0.1) is 12.8 Å². The Morgan fingerprint density at radius 1 is 1.38 bits per heavy atom. The summed E-state index contributed by atoms with van der Waals surface area (Å²) in [5, 5.41) is 11.6. The molecule has 0 aliphatic heterocycles. The predicted octanol–water partition coefficient (Wildman–Crippen LogP) is 1.97. The molecule has 0 fully saturated rings. The van der Waals surface area contributed by atoms with Crippen molar-refractivity contribution in [3.8, 4) is 0 Å². The molecule has 1 aromatic rings. The number of rotatable bonds is 7. The third-order valence-electron chi connectivity index (χ3n) is 2.72. The van der Waals surface area contributed by atoms with Gasteiger partial charge in [-0.05, 0) is 19.8 Å². The quantitative estimate of drug-likeness (QED) is 0.742. The number of aryl methyl sites for hydroxylation is 1. The van der Waals surface area contributed by atoms with Crippen molar-refractivity contribution in [2.45, 2.75) is 38.1 Å². The number of nitrogens with one attached hydrogen (secondary N) is 1. The molecule has 21 heavy (non-hydrogen) atoms. The first kappa shape index (κ1) is 17.6. The number of Topliss-reactive ketones (excluding diaryl/α,β-unsaturated/α-hetero) is 1. The summed E-state index contributed by atoms with van der Waals surface area (Å²) < 4.78 is 0.531. The number of hydrogen-bond acceptors (Lipinski definition) is 6. The molecule has 0 bridgehead atoms. The van der Waals surface area contributed by atoms with Crippen LogP contribution in [0.1, 0.15) is 36.1 Å². The molecule has 8 heteroatoms. The van der Waals surface area contributed by atoms with Gasteiger partial charge in [0.2, 0.25) is 5.91 Å². The highest BCUT2D eigenvalue weighted by atomic mass is 32.2. The Morgan fingerprint density at radius 3 is 2.43 bits per heavy atom. The van der Waals surface area contributed by atoms with Gasteiger partial charge in [0.25, 0.3) is 0 Å². The van der Waals surface area contributed by atoms with E-state index in [4.69, 9.17) is 5.11 Å². The molecule has 0 spiro atoms. The van der Waals surface area contributed by atoms with Crippen LogP contribution in [0.15, 0.2) is 4.34 Å². The van der Waals surface area contributed by atoms with Gasteiger partial charge in [0.1, 0.15) is 4.88 Å². The van der Waals surface area contributed by atoms with Gasteiger partial charge >= 0.3 is 5.97 Å². The summed E-state index contributed by atoms with van der Waals surface area (Å²) >= 11 is 2.21. The number of amides is 1. The Hall–Kier alpha value is -1.41. The topological polar surface area (TPSA) is 96.4 Å². The molecule has 1 unspecified atom stereocenters. The highest BCUT2D eigenvalue weighted by molar-refractivity contribution is 8.01. The van der Waals surface area contributed by atoms with Gasteiger partial charge in [0, 0.05) is 0 Å². The van der Waals surface area contributed by atoms with E-state index in [1.807, 2.05) is 13.8 Å². The molecular weight excluding hydrogens is 312 g/mol. The van der Waals surface area contributed by atoms with E-state index in [2.05, 4.69) is 10.3 Å². The van der Waals surface area contributed by atoms with E-state index in [1.54, 1.807) is 6.92 Å². The number of carbonyl (C=O) groups excluding carboxylic acids is 2. The summed E-state index contributed by atoms with van der Waals surface area (Å²) in [4.78, 5) is 38.5. The third-order valence-corrected chi connectivity index (χ3v) is 5.01. The first-order valence-electron chi connectivity index (χ1n) is 6.35. The Bertz CT molecular complexity index is 554. The van der Waals surface area contributed by atoms with Gasteiger partial charge in [-0.3, -0.25) is 9.59 Å². The van der Waals surface area contributed by atoms with Gasteiger partial charge in [-0.1, -0.05) is 25.6 Å². The zero-order valence-electron chi connectivity index (χ0n) is 12.3. The lowest BCUT2D eigenvalue weighted by Gasteiger charge is -2.19. The third kappa shape index (κ3) is 5.13. The van der Waals surface area contributed by atoms with Crippen LogP contribution in [-0.2, 0) is 9.59 Å². The molecule has 0 saturated heterocycles. The maximum absolute atomic E-state index is 11.8. The number of carboxylic acids is 1. The normalized spacial score (nSPS) is 12.2. The summed E-state index contributed by atoms with van der Waals surface area (Å²) in [5.41, 5.74) is 0.444. The highest BCUT2D eigenvalue weighted by Gasteiger charge is 2.21. The smallest absolute Gasteiger partial charge is 0.347 e. The van der Waals surface area contributed by atoms with Crippen LogP contribution in [0.2, 0.25) is 0 Å². The summed E-state index contributed by atoms with van der Waals surface area (Å²) in [6.45, 7) is 6.79. The molecule has 0 aliphatic carbocycles. The van der Waals surface area contributed by atoms with Crippen LogP contribution in [0.5, 0.6) is 0 Å². The molecule has 0 aliphatic rings. The number of hydrogen-bond donors (Lipinski definition) is 2. The molecule has 1 aromatic heterocycles. The number of aromatic nitrogens is 1. The van der Waals surface area contributed by atoms with Crippen LogP contribution >= 0.6 is 23.1 Å². The second kappa shape index (κ2) is 7.56. The number of nitrogens with zero attached hydrogens (tertiary/aromatic N) is 1. The number of carbonyl (C=O) groups is 3. The minimum Gasteiger partial charge on any atom is -0.477 e. The Morgan fingerprint density at radius 2 is 2.00 bits per heavy atom. The van der Waals surface area contributed by atoms with Crippen LogP contribution in [0.3, 0.4) is 0 Å². The van der Waals surface area contributed by atoms with Crippen molar-refractivity contribution < 1.29 is 19.5 Å². The first-order valence-corrected chi connectivity index (χ1v) is 8.16. The van der Waals surface area contributed by atoms with Crippen molar-refractivity contribution in [1.29, 1.82) is 0 Å². The van der Waals surface area contributed by atoms with Crippen molar-refractivity contribution in [2.75, 3.05) is 5.75 Å². The number of ketones is 1. The van der Waals surface area contributed by atoms with Crippen LogP contribution in [-0.4, -0.2) is 39.5 Å². The van der Waals surface area contributed by atoms with Gasteiger partial charge in [-0.2, -0.15) is 0 Å². The molecule has 116 valence electrons. The molecule has 1 heterocycles. The Labute approximate surface area is 131 Å². The van der Waals surface area contributed by atoms with E-state index in [1.165, 1.54) is 18.7 Å². The molecule has 1 amide bonds. The fourth-order valence-corrected chi connectivity index (χ4v) is 3.55. The number of carboxylic acid groups (broad SMARTS) is 1. The van der Waals surface area contributed by atoms with E-state index < -0.39 is 12.0 Å². The Kier molecular flexibility index (Phi) is 6.35. The second-order valence-corrected chi connectivity index (χ2v) is 7.11. The lowest BCUT2D eigenvalue weighted by molar-refractivity contribution is -0.126. The number of thiazole rings is 1. The van der Waals surface area contributed by atoms with Gasteiger partial charge < -0.3 is 10.4 Å². The molecular formula is C13H18N2O4S2. The van der Waals surface area contributed by atoms with E-state index in [0.29, 0.717) is 10.0 Å². The first-order chi connectivity index (χ1) is 9.72. The molecule has 0 aromatic carbocycles. The molecule has 0 saturated carbocycles. The van der Waals surface area contributed by atoms with Gasteiger partial charge in [0.15, 0.2) is 10.1 Å². The van der Waals surface area contributed by atoms with Crippen LogP contribution in [0.25, 0.3) is 0 Å². The van der Waals surface area contributed by atoms with E-state index >= 15 is 0 Å². The standard InChI is InChI=1S/C13H18N2O4S2/c1-6(2)10(8(4)16)15-9(17)5-20-13-14-7(3)11(21-13)12(18)19/h6,10H,5H2,1-4H3,(H,15,17)(H,18,19). The average Bonchev–Trinajstić information content (AvgIpc) is 2.74. The van der Waals surface area contributed by atoms with Crippen LogP contribution in [0.4, 0.5) is 0 Å². The van der Waals surface area contributed by atoms with E-state index in [9.17, 15) is 14.4 Å². The average molecular weight is 330 g/mol. The molecule has 0 radical (unpaired) electrons. The highest BCUT2D eigenvalue weighted by Crippen LogP contribution is 2.27. The molecule has 2 N–H and O–H groups in total. The zero-order valence-corrected chi connectivity index (χ0v) is 13.9. The maximum atomic E-state index is 11.8. The van der Waals surface area contributed by atoms with Gasteiger partial charge in [-0.15, -0.1) is 11.3 Å². The van der Waals surface area contributed by atoms with Gasteiger partial charge in [-0.25, -0.2) is 9.78 Å². The SMILES string of the molecule is CC(=O)C(NC(=O)CSc1nc(C)c(C(=O)O)s1)C(C)C. The lowest BCUT2D eigenvalue weighted by Crippen LogP contribution is -2.44. The summed E-state index contributed by atoms with van der Waals surface area (Å²) in [7, 11) is 0. The lowest BCUT2D eigenvalue weighted by atomic mass is 10.0. The fraction of sp³-hybridized carbons (Fsp3) is 0.538. The molecule has 1 rings (SSSR count). The minimum atomic E-state index is -1.02. The summed E-state index contributed by atoms with van der Waals surface area (Å²) in [6, 6.07) is -0.495. The predicted molar refractivity (Wildman–Crippen MR) is 82.0 cm³/mol. The summed E-state index contributed by atoms with van der Waals surface area (Å²) in [5.74, 6) is -1.24. The van der Waals surface area contributed by atoms with Crippen molar-refractivity contribution in [3.05, 3.63) is 10.6 Å². The Balaban J connectivity index is 2.59. The van der Waals surface area contributed by atoms with Crippen molar-refractivity contribution in [3.63, 3.8) is 0 Å². The molecule has 1 atom stereocenters. The monoisotopic (exact) mass is 330 g/mol. The largest absolute Gasteiger partial charge is 0.477 e. The van der Waals surface area contributed by atoms with Crippen molar-refractivity contribution in [1.82, 2.24) is 10.3 Å².